The Hall–Kier alpha value is -1.88. The molecular weight excluding hydrogens is 310 g/mol. The summed E-state index contributed by atoms with van der Waals surface area (Å²) in [4.78, 5) is 10.2. The molecule has 2 aromatic rings. The average Bonchev–Trinajstić information content (AvgIpc) is 2.41. The fourth-order valence-electron chi connectivity index (χ4n) is 1.65. The molecule has 0 saturated heterocycles. The van der Waals surface area contributed by atoms with Crippen molar-refractivity contribution in [2.75, 3.05) is 0 Å². The smallest absolute Gasteiger partial charge is 0.269 e. The van der Waals surface area contributed by atoms with Gasteiger partial charge in [0, 0.05) is 16.6 Å². The van der Waals surface area contributed by atoms with E-state index in [-0.39, 0.29) is 11.8 Å². The first-order chi connectivity index (χ1) is 9.06. The number of benzene rings is 2. The van der Waals surface area contributed by atoms with Crippen LogP contribution in [0.3, 0.4) is 0 Å². The van der Waals surface area contributed by atoms with Crippen molar-refractivity contribution in [1.82, 2.24) is 0 Å². The van der Waals surface area contributed by atoms with Crippen LogP contribution in [0.1, 0.15) is 18.6 Å². The average molecular weight is 322 g/mol. The quantitative estimate of drug-likeness (QED) is 0.615. The van der Waals surface area contributed by atoms with Crippen LogP contribution in [-0.4, -0.2) is 4.92 Å². The maximum atomic E-state index is 10.6. The lowest BCUT2D eigenvalue weighted by atomic mass is 10.1. The molecule has 0 aliphatic heterocycles. The first kappa shape index (κ1) is 13.5. The summed E-state index contributed by atoms with van der Waals surface area (Å²) in [5.74, 6) is 0.758. The molecule has 0 aromatic heterocycles. The molecule has 0 aliphatic rings. The van der Waals surface area contributed by atoms with Gasteiger partial charge in [0.2, 0.25) is 0 Å². The Balaban J connectivity index is 2.09. The molecule has 1 atom stereocenters. The molecule has 2 aromatic carbocycles. The summed E-state index contributed by atoms with van der Waals surface area (Å²) >= 11 is 3.36. The zero-order chi connectivity index (χ0) is 13.8. The Morgan fingerprint density at radius 2 is 1.68 bits per heavy atom. The maximum Gasteiger partial charge on any atom is 0.269 e. The third kappa shape index (κ3) is 3.54. The second-order valence-electron chi connectivity index (χ2n) is 4.06. The standard InChI is InChI=1S/C14H12BrNO3/c1-10(19-14-8-4-12(15)5-9-14)11-2-6-13(7-3-11)16(17)18/h2-10H,1H3/t10-/m1/s1. The Bertz CT molecular complexity index is 566. The van der Waals surface area contributed by atoms with E-state index in [2.05, 4.69) is 15.9 Å². The van der Waals surface area contributed by atoms with E-state index in [0.717, 1.165) is 15.8 Å². The van der Waals surface area contributed by atoms with Crippen molar-refractivity contribution in [2.24, 2.45) is 0 Å². The van der Waals surface area contributed by atoms with Gasteiger partial charge < -0.3 is 4.74 Å². The number of ether oxygens (including phenoxy) is 1. The van der Waals surface area contributed by atoms with Crippen LogP contribution in [0.4, 0.5) is 5.69 Å². The van der Waals surface area contributed by atoms with Crippen molar-refractivity contribution in [2.45, 2.75) is 13.0 Å². The zero-order valence-corrected chi connectivity index (χ0v) is 11.8. The molecule has 0 radical (unpaired) electrons. The minimum Gasteiger partial charge on any atom is -0.486 e. The lowest BCUT2D eigenvalue weighted by Crippen LogP contribution is -2.03. The van der Waals surface area contributed by atoms with E-state index in [1.807, 2.05) is 31.2 Å². The summed E-state index contributed by atoms with van der Waals surface area (Å²) in [5, 5.41) is 10.6. The summed E-state index contributed by atoms with van der Waals surface area (Å²) in [6.07, 6.45) is -0.165. The van der Waals surface area contributed by atoms with Crippen molar-refractivity contribution in [3.63, 3.8) is 0 Å². The van der Waals surface area contributed by atoms with Gasteiger partial charge in [-0.3, -0.25) is 10.1 Å². The molecule has 0 aliphatic carbocycles. The van der Waals surface area contributed by atoms with E-state index in [9.17, 15) is 10.1 Å². The van der Waals surface area contributed by atoms with Crippen molar-refractivity contribution in [1.29, 1.82) is 0 Å². The van der Waals surface area contributed by atoms with E-state index in [0.29, 0.717) is 0 Å². The van der Waals surface area contributed by atoms with Crippen LogP contribution >= 0.6 is 15.9 Å². The first-order valence-electron chi connectivity index (χ1n) is 5.73. The van der Waals surface area contributed by atoms with Gasteiger partial charge in [-0.2, -0.15) is 0 Å². The third-order valence-corrected chi connectivity index (χ3v) is 3.23. The lowest BCUT2D eigenvalue weighted by Gasteiger charge is -2.14. The van der Waals surface area contributed by atoms with Crippen LogP contribution in [0.25, 0.3) is 0 Å². The second kappa shape index (κ2) is 5.84. The number of rotatable bonds is 4. The van der Waals surface area contributed by atoms with Gasteiger partial charge in [-0.05, 0) is 48.9 Å². The fraction of sp³-hybridized carbons (Fsp3) is 0.143. The molecule has 0 bridgehead atoms. The van der Waals surface area contributed by atoms with Gasteiger partial charge >= 0.3 is 0 Å². The molecule has 19 heavy (non-hydrogen) atoms. The van der Waals surface area contributed by atoms with Gasteiger partial charge in [0.05, 0.1) is 4.92 Å². The van der Waals surface area contributed by atoms with Crippen molar-refractivity contribution < 1.29 is 9.66 Å². The van der Waals surface area contributed by atoms with Crippen LogP contribution in [0.5, 0.6) is 5.75 Å². The van der Waals surface area contributed by atoms with E-state index in [1.54, 1.807) is 12.1 Å². The predicted molar refractivity (Wildman–Crippen MR) is 76.3 cm³/mol. The van der Waals surface area contributed by atoms with Gasteiger partial charge in [0.15, 0.2) is 0 Å². The highest BCUT2D eigenvalue weighted by Gasteiger charge is 2.10. The Morgan fingerprint density at radius 1 is 1.11 bits per heavy atom. The molecule has 4 nitrogen and oxygen atoms in total. The number of nitro groups is 1. The van der Waals surface area contributed by atoms with Gasteiger partial charge in [0.1, 0.15) is 11.9 Å². The molecule has 0 heterocycles. The number of non-ortho nitro benzene ring substituents is 1. The molecule has 0 N–H and O–H groups in total. The largest absolute Gasteiger partial charge is 0.486 e. The topological polar surface area (TPSA) is 52.4 Å². The second-order valence-corrected chi connectivity index (χ2v) is 4.98. The monoisotopic (exact) mass is 321 g/mol. The van der Waals surface area contributed by atoms with Gasteiger partial charge in [-0.15, -0.1) is 0 Å². The SMILES string of the molecule is C[C@@H](Oc1ccc(Br)cc1)c1ccc([N+](=O)[O-])cc1. The van der Waals surface area contributed by atoms with Gasteiger partial charge in [-0.1, -0.05) is 15.9 Å². The molecule has 98 valence electrons. The molecule has 5 heteroatoms. The van der Waals surface area contributed by atoms with Crippen LogP contribution in [-0.2, 0) is 0 Å². The zero-order valence-electron chi connectivity index (χ0n) is 10.2. The number of nitro benzene ring substituents is 1. The summed E-state index contributed by atoms with van der Waals surface area (Å²) in [6, 6.07) is 13.9. The lowest BCUT2D eigenvalue weighted by molar-refractivity contribution is -0.384. The highest BCUT2D eigenvalue weighted by Crippen LogP contribution is 2.24. The maximum absolute atomic E-state index is 10.6. The molecule has 0 fully saturated rings. The minimum absolute atomic E-state index is 0.0830. The van der Waals surface area contributed by atoms with Crippen molar-refractivity contribution in [3.8, 4) is 5.75 Å². The van der Waals surface area contributed by atoms with Crippen LogP contribution in [0, 0.1) is 10.1 Å². The van der Waals surface area contributed by atoms with Crippen LogP contribution in [0.2, 0.25) is 0 Å². The van der Waals surface area contributed by atoms with Crippen molar-refractivity contribution >= 4 is 21.6 Å². The van der Waals surface area contributed by atoms with Crippen LogP contribution < -0.4 is 4.74 Å². The molecule has 0 unspecified atom stereocenters. The number of nitrogens with zero attached hydrogens (tertiary/aromatic N) is 1. The van der Waals surface area contributed by atoms with E-state index >= 15 is 0 Å². The minimum atomic E-state index is -0.413. The van der Waals surface area contributed by atoms with E-state index < -0.39 is 4.92 Å². The summed E-state index contributed by atoms with van der Waals surface area (Å²) < 4.78 is 6.75. The number of hydrogen-bond donors (Lipinski definition) is 0. The molecular formula is C14H12BrNO3. The Labute approximate surface area is 119 Å². The number of hydrogen-bond acceptors (Lipinski definition) is 3. The molecule has 2 rings (SSSR count). The van der Waals surface area contributed by atoms with Crippen molar-refractivity contribution in [3.05, 3.63) is 68.7 Å². The van der Waals surface area contributed by atoms with Gasteiger partial charge in [0.25, 0.3) is 5.69 Å². The van der Waals surface area contributed by atoms with Crippen LogP contribution in [0.15, 0.2) is 53.0 Å². The fourth-order valence-corrected chi connectivity index (χ4v) is 1.92. The number of halogens is 1. The first-order valence-corrected chi connectivity index (χ1v) is 6.52. The Kier molecular flexibility index (Phi) is 4.16. The van der Waals surface area contributed by atoms with E-state index in [1.165, 1.54) is 12.1 Å². The summed E-state index contributed by atoms with van der Waals surface area (Å²) in [7, 11) is 0. The highest BCUT2D eigenvalue weighted by atomic mass is 79.9. The summed E-state index contributed by atoms with van der Waals surface area (Å²) in [6.45, 7) is 1.91. The third-order valence-electron chi connectivity index (χ3n) is 2.70. The van der Waals surface area contributed by atoms with Gasteiger partial charge in [-0.25, -0.2) is 0 Å². The Morgan fingerprint density at radius 3 is 2.21 bits per heavy atom. The summed E-state index contributed by atoms with van der Waals surface area (Å²) in [5.41, 5.74) is 0.980. The van der Waals surface area contributed by atoms with E-state index in [4.69, 9.17) is 4.74 Å². The molecule has 0 spiro atoms. The molecule has 0 amide bonds. The normalized spacial score (nSPS) is 11.9. The molecule has 0 saturated carbocycles. The highest BCUT2D eigenvalue weighted by molar-refractivity contribution is 9.10. The predicted octanol–water partition coefficient (Wildman–Crippen LogP) is 4.50.